The molecule has 0 aromatic heterocycles. The predicted molar refractivity (Wildman–Crippen MR) is 98.3 cm³/mol. The number of hydrogen-bond donors (Lipinski definition) is 1. The van der Waals surface area contributed by atoms with Crippen LogP contribution in [0.3, 0.4) is 0 Å². The summed E-state index contributed by atoms with van der Waals surface area (Å²) in [4.78, 5) is 27.6. The van der Waals surface area contributed by atoms with Crippen LogP contribution in [0, 0.1) is 6.92 Å². The fraction of sp³-hybridized carbons (Fsp3) is 0.333. The Hall–Kier alpha value is -2.62. The first-order chi connectivity index (χ1) is 12.1. The number of aryl methyl sites for hydroxylation is 1. The number of likely N-dealkylation sites (tertiary alicyclic amines) is 1. The molecule has 0 spiro atoms. The van der Waals surface area contributed by atoms with Crippen molar-refractivity contribution in [2.75, 3.05) is 13.1 Å². The number of amides is 2. The Bertz CT molecular complexity index is 737. The van der Waals surface area contributed by atoms with Crippen molar-refractivity contribution in [1.82, 2.24) is 10.2 Å². The van der Waals surface area contributed by atoms with Crippen molar-refractivity contribution in [3.63, 3.8) is 0 Å². The van der Waals surface area contributed by atoms with Crippen LogP contribution >= 0.6 is 0 Å². The van der Waals surface area contributed by atoms with Gasteiger partial charge >= 0.3 is 0 Å². The van der Waals surface area contributed by atoms with Crippen LogP contribution in [0.5, 0.6) is 0 Å². The first kappa shape index (κ1) is 17.2. The van der Waals surface area contributed by atoms with E-state index in [9.17, 15) is 9.59 Å². The lowest BCUT2D eigenvalue weighted by atomic mass is 10.0. The molecule has 25 heavy (non-hydrogen) atoms. The fourth-order valence-corrected chi connectivity index (χ4v) is 3.23. The first-order valence-electron chi connectivity index (χ1n) is 8.86. The van der Waals surface area contributed by atoms with Crippen molar-refractivity contribution >= 4 is 11.8 Å². The maximum Gasteiger partial charge on any atom is 0.252 e. The lowest BCUT2D eigenvalue weighted by Gasteiger charge is -2.31. The van der Waals surface area contributed by atoms with Gasteiger partial charge in [0, 0.05) is 18.7 Å². The molecule has 4 nitrogen and oxygen atoms in total. The SMILES string of the molecule is Cc1cccc(C(=O)N[C@H](C(=O)N2CCCCC2)c2ccccc2)c1. The highest BCUT2D eigenvalue weighted by atomic mass is 16.2. The fourth-order valence-electron chi connectivity index (χ4n) is 3.23. The van der Waals surface area contributed by atoms with Gasteiger partial charge in [0.05, 0.1) is 0 Å². The van der Waals surface area contributed by atoms with Crippen molar-refractivity contribution in [2.24, 2.45) is 0 Å². The summed E-state index contributed by atoms with van der Waals surface area (Å²) >= 11 is 0. The lowest BCUT2D eigenvalue weighted by Crippen LogP contribution is -2.45. The molecule has 2 amide bonds. The van der Waals surface area contributed by atoms with E-state index in [1.54, 1.807) is 6.07 Å². The number of carbonyl (C=O) groups is 2. The van der Waals surface area contributed by atoms with Gasteiger partial charge in [0.1, 0.15) is 6.04 Å². The second-order valence-electron chi connectivity index (χ2n) is 6.57. The summed E-state index contributed by atoms with van der Waals surface area (Å²) in [6, 6.07) is 16.2. The smallest absolute Gasteiger partial charge is 0.252 e. The van der Waals surface area contributed by atoms with E-state index in [-0.39, 0.29) is 11.8 Å². The van der Waals surface area contributed by atoms with E-state index in [2.05, 4.69) is 5.32 Å². The minimum absolute atomic E-state index is 0.0214. The highest BCUT2D eigenvalue weighted by Gasteiger charge is 2.28. The largest absolute Gasteiger partial charge is 0.341 e. The monoisotopic (exact) mass is 336 g/mol. The molecule has 1 aliphatic heterocycles. The van der Waals surface area contributed by atoms with Crippen LogP contribution in [-0.2, 0) is 4.79 Å². The molecule has 0 aliphatic carbocycles. The van der Waals surface area contributed by atoms with Gasteiger partial charge in [-0.25, -0.2) is 0 Å². The lowest BCUT2D eigenvalue weighted by molar-refractivity contribution is -0.134. The van der Waals surface area contributed by atoms with Crippen molar-refractivity contribution in [3.05, 3.63) is 71.3 Å². The molecule has 1 N–H and O–H groups in total. The Balaban J connectivity index is 1.83. The molecule has 2 aromatic rings. The van der Waals surface area contributed by atoms with E-state index in [1.807, 2.05) is 60.4 Å². The average molecular weight is 336 g/mol. The molecule has 130 valence electrons. The molecule has 0 unspecified atom stereocenters. The number of hydrogen-bond acceptors (Lipinski definition) is 2. The minimum Gasteiger partial charge on any atom is -0.341 e. The number of piperidine rings is 1. The maximum atomic E-state index is 13.0. The van der Waals surface area contributed by atoms with Gasteiger partial charge in [-0.05, 0) is 43.9 Å². The Kier molecular flexibility index (Phi) is 5.49. The van der Waals surface area contributed by atoms with E-state index in [0.717, 1.165) is 43.5 Å². The third kappa shape index (κ3) is 4.27. The normalized spacial score (nSPS) is 15.5. The zero-order valence-electron chi connectivity index (χ0n) is 14.6. The molecule has 1 saturated heterocycles. The van der Waals surface area contributed by atoms with E-state index >= 15 is 0 Å². The highest BCUT2D eigenvalue weighted by molar-refractivity contribution is 5.98. The third-order valence-corrected chi connectivity index (χ3v) is 4.60. The summed E-state index contributed by atoms with van der Waals surface area (Å²) in [6.45, 7) is 3.48. The topological polar surface area (TPSA) is 49.4 Å². The Morgan fingerprint density at radius 3 is 2.36 bits per heavy atom. The summed E-state index contributed by atoms with van der Waals surface area (Å²) in [5, 5.41) is 2.94. The molecule has 2 aromatic carbocycles. The second-order valence-corrected chi connectivity index (χ2v) is 6.57. The quantitative estimate of drug-likeness (QED) is 0.929. The van der Waals surface area contributed by atoms with E-state index in [0.29, 0.717) is 5.56 Å². The van der Waals surface area contributed by atoms with Crippen molar-refractivity contribution < 1.29 is 9.59 Å². The van der Waals surface area contributed by atoms with Gasteiger partial charge in [-0.1, -0.05) is 48.0 Å². The van der Waals surface area contributed by atoms with Crippen LogP contribution in [0.15, 0.2) is 54.6 Å². The third-order valence-electron chi connectivity index (χ3n) is 4.60. The Morgan fingerprint density at radius 2 is 1.68 bits per heavy atom. The van der Waals surface area contributed by atoms with Crippen LogP contribution < -0.4 is 5.32 Å². The number of benzene rings is 2. The molecule has 1 aliphatic rings. The second kappa shape index (κ2) is 7.97. The molecule has 0 saturated carbocycles. The molecule has 1 fully saturated rings. The number of nitrogens with one attached hydrogen (secondary N) is 1. The molecule has 4 heteroatoms. The van der Waals surface area contributed by atoms with Gasteiger partial charge < -0.3 is 10.2 Å². The Labute approximate surface area is 148 Å². The maximum absolute atomic E-state index is 13.0. The minimum atomic E-state index is -0.646. The predicted octanol–water partition coefficient (Wildman–Crippen LogP) is 3.48. The van der Waals surface area contributed by atoms with Crippen LogP contribution in [0.1, 0.15) is 46.8 Å². The molecular weight excluding hydrogens is 312 g/mol. The highest BCUT2D eigenvalue weighted by Crippen LogP contribution is 2.20. The van der Waals surface area contributed by atoms with Gasteiger partial charge in [0.2, 0.25) is 5.91 Å². The summed E-state index contributed by atoms with van der Waals surface area (Å²) < 4.78 is 0. The number of carbonyl (C=O) groups excluding carboxylic acids is 2. The van der Waals surface area contributed by atoms with E-state index in [4.69, 9.17) is 0 Å². The molecule has 1 atom stereocenters. The van der Waals surface area contributed by atoms with Crippen molar-refractivity contribution in [3.8, 4) is 0 Å². The summed E-state index contributed by atoms with van der Waals surface area (Å²) in [7, 11) is 0. The zero-order chi connectivity index (χ0) is 17.6. The van der Waals surface area contributed by atoms with Crippen LogP contribution in [0.25, 0.3) is 0 Å². The van der Waals surface area contributed by atoms with Gasteiger partial charge in [-0.3, -0.25) is 9.59 Å². The number of rotatable bonds is 4. The van der Waals surface area contributed by atoms with E-state index < -0.39 is 6.04 Å². The molecular formula is C21H24N2O2. The molecule has 0 radical (unpaired) electrons. The number of nitrogens with zero attached hydrogens (tertiary/aromatic N) is 1. The molecule has 3 rings (SSSR count). The van der Waals surface area contributed by atoms with Gasteiger partial charge in [-0.15, -0.1) is 0 Å². The zero-order valence-corrected chi connectivity index (χ0v) is 14.6. The van der Waals surface area contributed by atoms with Gasteiger partial charge in [-0.2, -0.15) is 0 Å². The van der Waals surface area contributed by atoms with Gasteiger partial charge in [0.15, 0.2) is 0 Å². The van der Waals surface area contributed by atoms with Crippen LogP contribution in [-0.4, -0.2) is 29.8 Å². The molecule has 1 heterocycles. The summed E-state index contributed by atoms with van der Waals surface area (Å²) in [5.74, 6) is -0.241. The van der Waals surface area contributed by atoms with Crippen LogP contribution in [0.4, 0.5) is 0 Å². The average Bonchev–Trinajstić information content (AvgIpc) is 2.67. The molecule has 0 bridgehead atoms. The van der Waals surface area contributed by atoms with E-state index in [1.165, 1.54) is 0 Å². The van der Waals surface area contributed by atoms with Crippen molar-refractivity contribution in [1.29, 1.82) is 0 Å². The van der Waals surface area contributed by atoms with Gasteiger partial charge in [0.25, 0.3) is 5.91 Å². The standard InChI is InChI=1S/C21H24N2O2/c1-16-9-8-12-18(15-16)20(24)22-19(17-10-4-2-5-11-17)21(25)23-13-6-3-7-14-23/h2,4-5,8-12,15,19H,3,6-7,13-14H2,1H3,(H,22,24)/t19-/m0/s1. The summed E-state index contributed by atoms with van der Waals surface area (Å²) in [5.41, 5.74) is 2.41. The van der Waals surface area contributed by atoms with Crippen LogP contribution in [0.2, 0.25) is 0 Å². The first-order valence-corrected chi connectivity index (χ1v) is 8.86. The Morgan fingerprint density at radius 1 is 0.960 bits per heavy atom. The van der Waals surface area contributed by atoms with Crippen molar-refractivity contribution in [2.45, 2.75) is 32.2 Å². The summed E-state index contributed by atoms with van der Waals surface area (Å²) in [6.07, 6.45) is 3.22.